The predicted molar refractivity (Wildman–Crippen MR) is 95.7 cm³/mol. The predicted octanol–water partition coefficient (Wildman–Crippen LogP) is 4.10. The largest absolute Gasteiger partial charge is 0.490 e. The van der Waals surface area contributed by atoms with E-state index in [1.807, 2.05) is 24.3 Å². The Morgan fingerprint density at radius 3 is 2.64 bits per heavy atom. The number of anilines is 1. The zero-order valence-electron chi connectivity index (χ0n) is 13.4. The Morgan fingerprint density at radius 1 is 1.23 bits per heavy atom. The molecule has 0 aliphatic heterocycles. The highest BCUT2D eigenvalue weighted by Gasteiger charge is 2.09. The third-order valence-corrected chi connectivity index (χ3v) is 4.45. The minimum atomic E-state index is 0.240. The van der Waals surface area contributed by atoms with Crippen molar-refractivity contribution in [2.24, 2.45) is 0 Å². The van der Waals surface area contributed by atoms with Gasteiger partial charge in [0, 0.05) is 11.7 Å². The molecule has 0 aliphatic rings. The van der Waals surface area contributed by atoms with Gasteiger partial charge in [-0.15, -0.1) is 0 Å². The number of ether oxygens (including phenoxy) is 1. The first-order valence-electron chi connectivity index (χ1n) is 7.94. The van der Waals surface area contributed by atoms with E-state index < -0.39 is 0 Å². The number of nitrogens with one attached hydrogen (secondary N) is 1. The van der Waals surface area contributed by atoms with Gasteiger partial charge in [-0.3, -0.25) is 0 Å². The van der Waals surface area contributed by atoms with Gasteiger partial charge >= 0.3 is 0 Å². The zero-order chi connectivity index (χ0) is 15.8. The molecule has 2 atom stereocenters. The van der Waals surface area contributed by atoms with E-state index in [1.54, 1.807) is 11.3 Å². The SMILES string of the molecule is CCC(CCNC(C)Cc1ccsc1)Oc1ccc(N)cc1. The molecular formula is C18H26N2OS. The highest BCUT2D eigenvalue weighted by Crippen LogP contribution is 2.17. The van der Waals surface area contributed by atoms with Gasteiger partial charge in [0.15, 0.2) is 0 Å². The van der Waals surface area contributed by atoms with Crippen LogP contribution in [0.3, 0.4) is 0 Å². The van der Waals surface area contributed by atoms with Crippen LogP contribution in [0.5, 0.6) is 5.75 Å². The summed E-state index contributed by atoms with van der Waals surface area (Å²) in [5.74, 6) is 0.896. The second-order valence-electron chi connectivity index (χ2n) is 5.70. The molecule has 3 N–H and O–H groups in total. The molecular weight excluding hydrogens is 292 g/mol. The topological polar surface area (TPSA) is 47.3 Å². The lowest BCUT2D eigenvalue weighted by Crippen LogP contribution is -2.31. The molecule has 1 aromatic heterocycles. The summed E-state index contributed by atoms with van der Waals surface area (Å²) in [6.07, 6.45) is 3.34. The molecule has 4 heteroatoms. The first-order chi connectivity index (χ1) is 10.7. The summed E-state index contributed by atoms with van der Waals surface area (Å²) in [7, 11) is 0. The van der Waals surface area contributed by atoms with Crippen molar-refractivity contribution in [3.63, 3.8) is 0 Å². The maximum Gasteiger partial charge on any atom is 0.119 e. The quantitative estimate of drug-likeness (QED) is 0.684. The highest BCUT2D eigenvalue weighted by atomic mass is 32.1. The zero-order valence-corrected chi connectivity index (χ0v) is 14.2. The van der Waals surface area contributed by atoms with Gasteiger partial charge in [-0.25, -0.2) is 0 Å². The molecule has 0 bridgehead atoms. The lowest BCUT2D eigenvalue weighted by Gasteiger charge is -2.19. The normalized spacial score (nSPS) is 13.7. The van der Waals surface area contributed by atoms with Crippen molar-refractivity contribution in [3.05, 3.63) is 46.7 Å². The standard InChI is InChI=1S/C18H26N2OS/c1-3-17(21-18-6-4-16(19)5-7-18)8-10-20-14(2)12-15-9-11-22-13-15/h4-7,9,11,13-14,17,20H,3,8,10,12,19H2,1-2H3. The van der Waals surface area contributed by atoms with E-state index in [0.717, 1.165) is 37.2 Å². The van der Waals surface area contributed by atoms with Crippen LogP contribution < -0.4 is 15.8 Å². The van der Waals surface area contributed by atoms with Gasteiger partial charge in [0.05, 0.1) is 6.10 Å². The fourth-order valence-corrected chi connectivity index (χ4v) is 3.09. The Balaban J connectivity index is 1.70. The van der Waals surface area contributed by atoms with Gasteiger partial charge in [0.25, 0.3) is 0 Å². The van der Waals surface area contributed by atoms with Crippen LogP contribution in [0.4, 0.5) is 5.69 Å². The average molecular weight is 318 g/mol. The number of hydrogen-bond donors (Lipinski definition) is 2. The van der Waals surface area contributed by atoms with Crippen LogP contribution in [0.1, 0.15) is 32.3 Å². The van der Waals surface area contributed by atoms with Crippen LogP contribution in [-0.2, 0) is 6.42 Å². The second-order valence-corrected chi connectivity index (χ2v) is 6.48. The minimum Gasteiger partial charge on any atom is -0.490 e. The van der Waals surface area contributed by atoms with Crippen LogP contribution >= 0.6 is 11.3 Å². The van der Waals surface area contributed by atoms with Gasteiger partial charge in [-0.2, -0.15) is 11.3 Å². The van der Waals surface area contributed by atoms with Crippen molar-refractivity contribution < 1.29 is 4.74 Å². The fraction of sp³-hybridized carbons (Fsp3) is 0.444. The van der Waals surface area contributed by atoms with Gasteiger partial charge in [0.2, 0.25) is 0 Å². The number of nitrogen functional groups attached to an aromatic ring is 1. The van der Waals surface area contributed by atoms with Crippen LogP contribution in [0.2, 0.25) is 0 Å². The fourth-order valence-electron chi connectivity index (χ4n) is 2.41. The number of rotatable bonds is 9. The van der Waals surface area contributed by atoms with Crippen LogP contribution in [0, 0.1) is 0 Å². The van der Waals surface area contributed by atoms with Gasteiger partial charge in [-0.1, -0.05) is 6.92 Å². The molecule has 120 valence electrons. The average Bonchev–Trinajstić information content (AvgIpc) is 3.01. The summed E-state index contributed by atoms with van der Waals surface area (Å²) in [5.41, 5.74) is 7.87. The van der Waals surface area contributed by atoms with E-state index in [1.165, 1.54) is 5.56 Å². The van der Waals surface area contributed by atoms with E-state index in [0.29, 0.717) is 6.04 Å². The molecule has 0 aliphatic carbocycles. The van der Waals surface area contributed by atoms with Crippen molar-refractivity contribution >= 4 is 17.0 Å². The summed E-state index contributed by atoms with van der Waals surface area (Å²) in [5, 5.41) is 7.94. The van der Waals surface area contributed by atoms with Crippen LogP contribution in [0.15, 0.2) is 41.1 Å². The number of nitrogens with two attached hydrogens (primary N) is 1. The summed E-state index contributed by atoms with van der Waals surface area (Å²) in [6.45, 7) is 5.37. The summed E-state index contributed by atoms with van der Waals surface area (Å²) in [4.78, 5) is 0. The molecule has 0 radical (unpaired) electrons. The van der Waals surface area contributed by atoms with Crippen molar-refractivity contribution in [1.29, 1.82) is 0 Å². The van der Waals surface area contributed by atoms with E-state index in [2.05, 4.69) is 36.0 Å². The molecule has 1 heterocycles. The highest BCUT2D eigenvalue weighted by molar-refractivity contribution is 7.07. The molecule has 0 spiro atoms. The van der Waals surface area contributed by atoms with Crippen molar-refractivity contribution in [2.75, 3.05) is 12.3 Å². The molecule has 22 heavy (non-hydrogen) atoms. The van der Waals surface area contributed by atoms with Crippen molar-refractivity contribution in [2.45, 2.75) is 45.3 Å². The maximum absolute atomic E-state index is 6.01. The first-order valence-corrected chi connectivity index (χ1v) is 8.88. The second kappa shape index (κ2) is 8.81. The number of benzene rings is 1. The van der Waals surface area contributed by atoms with Crippen LogP contribution in [-0.4, -0.2) is 18.7 Å². The van der Waals surface area contributed by atoms with Gasteiger partial charge < -0.3 is 15.8 Å². The van der Waals surface area contributed by atoms with E-state index >= 15 is 0 Å². The maximum atomic E-state index is 6.01. The van der Waals surface area contributed by atoms with E-state index in [9.17, 15) is 0 Å². The smallest absolute Gasteiger partial charge is 0.119 e. The third-order valence-electron chi connectivity index (χ3n) is 3.72. The van der Waals surface area contributed by atoms with Gasteiger partial charge in [-0.05, 0) is 79.4 Å². The Labute approximate surface area is 137 Å². The Kier molecular flexibility index (Phi) is 6.74. The summed E-state index contributed by atoms with van der Waals surface area (Å²) < 4.78 is 6.01. The summed E-state index contributed by atoms with van der Waals surface area (Å²) in [6, 6.07) is 10.3. The third kappa shape index (κ3) is 5.70. The molecule has 0 amide bonds. The van der Waals surface area contributed by atoms with Crippen molar-refractivity contribution in [3.8, 4) is 5.75 Å². The molecule has 3 nitrogen and oxygen atoms in total. The lowest BCUT2D eigenvalue weighted by atomic mass is 10.1. The Hall–Kier alpha value is -1.52. The minimum absolute atomic E-state index is 0.240. The van der Waals surface area contributed by atoms with Gasteiger partial charge in [0.1, 0.15) is 5.75 Å². The van der Waals surface area contributed by atoms with Crippen molar-refractivity contribution in [1.82, 2.24) is 5.32 Å². The molecule has 2 unspecified atom stereocenters. The molecule has 1 aromatic carbocycles. The summed E-state index contributed by atoms with van der Waals surface area (Å²) >= 11 is 1.76. The van der Waals surface area contributed by atoms with E-state index in [4.69, 9.17) is 10.5 Å². The van der Waals surface area contributed by atoms with Crippen LogP contribution in [0.25, 0.3) is 0 Å². The monoisotopic (exact) mass is 318 g/mol. The Bertz CT molecular complexity index is 525. The first kappa shape index (κ1) is 16.8. The lowest BCUT2D eigenvalue weighted by molar-refractivity contribution is 0.184. The molecule has 0 fully saturated rings. The molecule has 2 aromatic rings. The molecule has 0 saturated carbocycles. The number of thiophene rings is 1. The molecule has 0 saturated heterocycles. The Morgan fingerprint density at radius 2 is 2.00 bits per heavy atom. The number of hydrogen-bond acceptors (Lipinski definition) is 4. The molecule has 2 rings (SSSR count). The van der Waals surface area contributed by atoms with E-state index in [-0.39, 0.29) is 6.10 Å².